The molecule has 0 aliphatic carbocycles. The summed E-state index contributed by atoms with van der Waals surface area (Å²) in [6, 6.07) is 0.0162. The summed E-state index contributed by atoms with van der Waals surface area (Å²) in [4.78, 5) is 10.2. The number of carbonyl (C=O) groups excluding carboxylic acids is 1. The standard InChI is InChI=1S/C5H7NO2/c1-2-4-3-8-5(7)6-4/h2,4H,1,3H2,(H,6,7)/t4-/m0/s1. The van der Waals surface area contributed by atoms with Crippen molar-refractivity contribution < 1.29 is 9.53 Å². The molecule has 1 aliphatic heterocycles. The molecule has 1 amide bonds. The number of hydrogen-bond donors (Lipinski definition) is 1. The van der Waals surface area contributed by atoms with Crippen LogP contribution in [0.2, 0.25) is 0 Å². The third-order valence-electron chi connectivity index (χ3n) is 0.982. The van der Waals surface area contributed by atoms with Crippen molar-refractivity contribution in [3.8, 4) is 0 Å². The van der Waals surface area contributed by atoms with E-state index in [-0.39, 0.29) is 12.1 Å². The van der Waals surface area contributed by atoms with Crippen LogP contribution in [0, 0.1) is 0 Å². The third kappa shape index (κ3) is 0.804. The molecule has 1 fully saturated rings. The van der Waals surface area contributed by atoms with Gasteiger partial charge in [-0.15, -0.1) is 6.58 Å². The van der Waals surface area contributed by atoms with Crippen LogP contribution in [0.1, 0.15) is 0 Å². The van der Waals surface area contributed by atoms with Crippen molar-refractivity contribution in [1.82, 2.24) is 5.32 Å². The fourth-order valence-electron chi connectivity index (χ4n) is 0.527. The van der Waals surface area contributed by atoms with Crippen LogP contribution in [0.3, 0.4) is 0 Å². The summed E-state index contributed by atoms with van der Waals surface area (Å²) in [7, 11) is 0. The van der Waals surface area contributed by atoms with Crippen LogP contribution in [0.25, 0.3) is 0 Å². The van der Waals surface area contributed by atoms with Gasteiger partial charge in [0.1, 0.15) is 6.61 Å². The normalized spacial score (nSPS) is 26.5. The Morgan fingerprint density at radius 1 is 2.00 bits per heavy atom. The van der Waals surface area contributed by atoms with Crippen LogP contribution in [-0.2, 0) is 4.74 Å². The van der Waals surface area contributed by atoms with E-state index in [1.54, 1.807) is 6.08 Å². The van der Waals surface area contributed by atoms with Gasteiger partial charge in [0.05, 0.1) is 6.04 Å². The third-order valence-corrected chi connectivity index (χ3v) is 0.982. The zero-order valence-corrected chi connectivity index (χ0v) is 4.39. The molecule has 1 rings (SSSR count). The number of alkyl carbamates (subject to hydrolysis) is 1. The fourth-order valence-corrected chi connectivity index (χ4v) is 0.527. The van der Waals surface area contributed by atoms with Crippen molar-refractivity contribution in [2.45, 2.75) is 6.04 Å². The summed E-state index contributed by atoms with van der Waals surface area (Å²) in [5.41, 5.74) is 0. The van der Waals surface area contributed by atoms with E-state index in [0.29, 0.717) is 6.61 Å². The van der Waals surface area contributed by atoms with E-state index in [9.17, 15) is 4.79 Å². The molecule has 0 aromatic carbocycles. The summed E-state index contributed by atoms with van der Waals surface area (Å²) >= 11 is 0. The van der Waals surface area contributed by atoms with E-state index < -0.39 is 0 Å². The molecule has 0 aromatic heterocycles. The lowest BCUT2D eigenvalue weighted by molar-refractivity contribution is 0.177. The zero-order valence-electron chi connectivity index (χ0n) is 4.39. The number of rotatable bonds is 1. The Morgan fingerprint density at radius 3 is 3.00 bits per heavy atom. The molecule has 0 aromatic rings. The fraction of sp³-hybridized carbons (Fsp3) is 0.400. The predicted octanol–water partition coefficient (Wildman–Crippen LogP) is 0.281. The second kappa shape index (κ2) is 1.86. The molecule has 0 unspecified atom stereocenters. The van der Waals surface area contributed by atoms with E-state index in [0.717, 1.165) is 0 Å². The van der Waals surface area contributed by atoms with Crippen molar-refractivity contribution in [2.24, 2.45) is 0 Å². The summed E-state index contributed by atoms with van der Waals surface area (Å²) in [5, 5.41) is 2.52. The summed E-state index contributed by atoms with van der Waals surface area (Å²) < 4.78 is 4.54. The van der Waals surface area contributed by atoms with Gasteiger partial charge in [0.15, 0.2) is 0 Å². The molecule has 0 radical (unpaired) electrons. The molecule has 0 spiro atoms. The summed E-state index contributed by atoms with van der Waals surface area (Å²) in [6.45, 7) is 3.90. The first kappa shape index (κ1) is 5.15. The highest BCUT2D eigenvalue weighted by atomic mass is 16.6. The number of carbonyl (C=O) groups is 1. The minimum absolute atomic E-state index is 0.0162. The van der Waals surface area contributed by atoms with E-state index in [1.165, 1.54) is 0 Å². The van der Waals surface area contributed by atoms with Crippen molar-refractivity contribution in [3.05, 3.63) is 12.7 Å². The van der Waals surface area contributed by atoms with Crippen LogP contribution in [-0.4, -0.2) is 18.7 Å². The molecular weight excluding hydrogens is 106 g/mol. The van der Waals surface area contributed by atoms with E-state index in [2.05, 4.69) is 16.6 Å². The molecule has 1 atom stereocenters. The van der Waals surface area contributed by atoms with Gasteiger partial charge in [-0.3, -0.25) is 0 Å². The molecular formula is C5H7NO2. The lowest BCUT2D eigenvalue weighted by Crippen LogP contribution is -2.23. The topological polar surface area (TPSA) is 38.3 Å². The van der Waals surface area contributed by atoms with Gasteiger partial charge in [-0.05, 0) is 0 Å². The molecule has 0 bridgehead atoms. The largest absolute Gasteiger partial charge is 0.447 e. The van der Waals surface area contributed by atoms with Gasteiger partial charge in [-0.1, -0.05) is 6.08 Å². The average molecular weight is 113 g/mol. The number of cyclic esters (lactones) is 1. The second-order valence-electron chi connectivity index (χ2n) is 1.58. The maximum Gasteiger partial charge on any atom is 0.407 e. The first-order chi connectivity index (χ1) is 3.83. The SMILES string of the molecule is C=C[C@H]1COC(=O)N1. The number of nitrogens with one attached hydrogen (secondary N) is 1. The minimum atomic E-state index is -0.352. The number of amides is 1. The Hall–Kier alpha value is -0.990. The number of hydrogen-bond acceptors (Lipinski definition) is 2. The van der Waals surface area contributed by atoms with E-state index in [4.69, 9.17) is 0 Å². The van der Waals surface area contributed by atoms with Crippen LogP contribution in [0.4, 0.5) is 4.79 Å². The van der Waals surface area contributed by atoms with E-state index in [1.807, 2.05) is 0 Å². The maximum atomic E-state index is 10.2. The highest BCUT2D eigenvalue weighted by molar-refractivity contribution is 5.69. The molecule has 0 saturated carbocycles. The Morgan fingerprint density at radius 2 is 2.75 bits per heavy atom. The molecule has 3 nitrogen and oxygen atoms in total. The Labute approximate surface area is 47.3 Å². The second-order valence-corrected chi connectivity index (χ2v) is 1.58. The van der Waals surface area contributed by atoms with Crippen LogP contribution in [0.5, 0.6) is 0 Å². The highest BCUT2D eigenvalue weighted by Crippen LogP contribution is 1.96. The first-order valence-corrected chi connectivity index (χ1v) is 2.39. The van der Waals surface area contributed by atoms with Crippen LogP contribution >= 0.6 is 0 Å². The molecule has 8 heavy (non-hydrogen) atoms. The summed E-state index contributed by atoms with van der Waals surface area (Å²) in [5.74, 6) is 0. The van der Waals surface area contributed by atoms with Crippen molar-refractivity contribution in [1.29, 1.82) is 0 Å². The Bertz CT molecular complexity index is 122. The summed E-state index contributed by atoms with van der Waals surface area (Å²) in [6.07, 6.45) is 1.29. The van der Waals surface area contributed by atoms with Crippen molar-refractivity contribution >= 4 is 6.09 Å². The molecule has 3 heteroatoms. The molecule has 1 aliphatic rings. The van der Waals surface area contributed by atoms with Gasteiger partial charge in [-0.25, -0.2) is 4.79 Å². The average Bonchev–Trinajstić information content (AvgIpc) is 2.14. The molecule has 1 N–H and O–H groups in total. The van der Waals surface area contributed by atoms with Crippen LogP contribution < -0.4 is 5.32 Å². The first-order valence-electron chi connectivity index (χ1n) is 2.39. The Balaban J connectivity index is 2.43. The monoisotopic (exact) mass is 113 g/mol. The van der Waals surface area contributed by atoms with Gasteiger partial charge in [0.25, 0.3) is 0 Å². The van der Waals surface area contributed by atoms with Gasteiger partial charge in [0.2, 0.25) is 0 Å². The van der Waals surface area contributed by atoms with Gasteiger partial charge in [-0.2, -0.15) is 0 Å². The predicted molar refractivity (Wildman–Crippen MR) is 28.5 cm³/mol. The van der Waals surface area contributed by atoms with Gasteiger partial charge >= 0.3 is 6.09 Å². The van der Waals surface area contributed by atoms with Crippen LogP contribution in [0.15, 0.2) is 12.7 Å². The molecule has 1 saturated heterocycles. The van der Waals surface area contributed by atoms with Crippen molar-refractivity contribution in [2.75, 3.05) is 6.61 Å². The highest BCUT2D eigenvalue weighted by Gasteiger charge is 2.17. The van der Waals surface area contributed by atoms with E-state index >= 15 is 0 Å². The molecule has 44 valence electrons. The van der Waals surface area contributed by atoms with Gasteiger partial charge in [0, 0.05) is 0 Å². The lowest BCUT2D eigenvalue weighted by atomic mass is 10.3. The smallest absolute Gasteiger partial charge is 0.407 e. The Kier molecular flexibility index (Phi) is 1.20. The van der Waals surface area contributed by atoms with Gasteiger partial charge < -0.3 is 10.1 Å². The van der Waals surface area contributed by atoms with Crippen molar-refractivity contribution in [3.63, 3.8) is 0 Å². The minimum Gasteiger partial charge on any atom is -0.447 e. The number of ether oxygens (including phenoxy) is 1. The molecule has 1 heterocycles. The maximum absolute atomic E-state index is 10.2. The quantitative estimate of drug-likeness (QED) is 0.496. The zero-order chi connectivity index (χ0) is 5.98. The lowest BCUT2D eigenvalue weighted by Gasteiger charge is -1.93.